The van der Waals surface area contributed by atoms with E-state index in [-0.39, 0.29) is 18.1 Å². The summed E-state index contributed by atoms with van der Waals surface area (Å²) in [5, 5.41) is 4.38. The number of morpholine rings is 1. The smallest absolute Gasteiger partial charge is 0.254 e. The van der Waals surface area contributed by atoms with Crippen LogP contribution in [-0.2, 0) is 18.2 Å². The first-order valence-corrected chi connectivity index (χ1v) is 10.9. The number of carbonyl (C=O) groups excluding carboxylic acids is 1. The third-order valence-corrected chi connectivity index (χ3v) is 6.19. The molecule has 2 aliphatic heterocycles. The number of benzene rings is 1. The van der Waals surface area contributed by atoms with Gasteiger partial charge in [-0.1, -0.05) is 31.5 Å². The van der Waals surface area contributed by atoms with Gasteiger partial charge in [-0.3, -0.25) is 9.48 Å². The maximum atomic E-state index is 13.6. The first-order valence-electron chi connectivity index (χ1n) is 10.9. The highest BCUT2D eigenvalue weighted by molar-refractivity contribution is 5.96. The first-order chi connectivity index (χ1) is 14.2. The second-order valence-electron chi connectivity index (χ2n) is 8.17. The minimum absolute atomic E-state index is 0.0382. The van der Waals surface area contributed by atoms with E-state index in [2.05, 4.69) is 23.0 Å². The molecule has 0 N–H and O–H groups in total. The molecule has 6 nitrogen and oxygen atoms in total. The fourth-order valence-electron chi connectivity index (χ4n) is 4.69. The van der Waals surface area contributed by atoms with Gasteiger partial charge in [0, 0.05) is 37.5 Å². The van der Waals surface area contributed by atoms with Crippen LogP contribution in [0.25, 0.3) is 0 Å². The molecule has 1 amide bonds. The maximum absolute atomic E-state index is 13.6. The van der Waals surface area contributed by atoms with Crippen molar-refractivity contribution in [3.63, 3.8) is 0 Å². The normalized spacial score (nSPS) is 23.3. The third-order valence-electron chi connectivity index (χ3n) is 6.19. The second kappa shape index (κ2) is 9.09. The number of nitrogens with zero attached hydrogens (tertiary/aromatic N) is 4. The van der Waals surface area contributed by atoms with Gasteiger partial charge in [0.1, 0.15) is 0 Å². The van der Waals surface area contributed by atoms with Crippen LogP contribution in [-0.4, -0.2) is 64.4 Å². The molecule has 2 aliphatic rings. The summed E-state index contributed by atoms with van der Waals surface area (Å²) in [6, 6.07) is 7.86. The zero-order valence-electron chi connectivity index (χ0n) is 17.6. The van der Waals surface area contributed by atoms with Gasteiger partial charge in [0.2, 0.25) is 0 Å². The van der Waals surface area contributed by atoms with Gasteiger partial charge >= 0.3 is 0 Å². The van der Waals surface area contributed by atoms with Gasteiger partial charge in [0.25, 0.3) is 5.91 Å². The highest BCUT2D eigenvalue weighted by Crippen LogP contribution is 2.32. The highest BCUT2D eigenvalue weighted by Gasteiger charge is 2.38. The molecule has 29 heavy (non-hydrogen) atoms. The molecular formula is C23H32N4O2. The highest BCUT2D eigenvalue weighted by atomic mass is 16.5. The number of piperidine rings is 1. The topological polar surface area (TPSA) is 50.6 Å². The number of ether oxygens (including phenoxy) is 1. The maximum Gasteiger partial charge on any atom is 0.254 e. The zero-order chi connectivity index (χ0) is 20.2. The zero-order valence-corrected chi connectivity index (χ0v) is 17.6. The molecule has 0 radical (unpaired) electrons. The van der Waals surface area contributed by atoms with E-state index in [1.54, 1.807) is 0 Å². The minimum Gasteiger partial charge on any atom is -0.373 e. The Labute approximate surface area is 173 Å². The number of rotatable bonds is 5. The van der Waals surface area contributed by atoms with Crippen LogP contribution in [0.15, 0.2) is 36.7 Å². The number of likely N-dealkylation sites (tertiary alicyclic amines) is 1. The summed E-state index contributed by atoms with van der Waals surface area (Å²) in [4.78, 5) is 18.1. The van der Waals surface area contributed by atoms with Crippen molar-refractivity contribution in [3.05, 3.63) is 53.3 Å². The summed E-state index contributed by atoms with van der Waals surface area (Å²) in [7, 11) is 1.92. The van der Waals surface area contributed by atoms with Crippen molar-refractivity contribution in [1.29, 1.82) is 0 Å². The number of hydrogen-bond acceptors (Lipinski definition) is 4. The predicted octanol–water partition coefficient (Wildman–Crippen LogP) is 3.05. The number of hydrogen-bond donors (Lipinski definition) is 0. The molecule has 2 atom stereocenters. The van der Waals surface area contributed by atoms with Crippen molar-refractivity contribution in [2.24, 2.45) is 7.05 Å². The monoisotopic (exact) mass is 396 g/mol. The Kier molecular flexibility index (Phi) is 6.31. The van der Waals surface area contributed by atoms with Crippen LogP contribution < -0.4 is 0 Å². The van der Waals surface area contributed by atoms with Crippen molar-refractivity contribution in [2.45, 2.75) is 44.8 Å². The molecular weight excluding hydrogens is 364 g/mol. The molecule has 0 unspecified atom stereocenters. The SMILES string of the molecule is CCc1ccccc1C(=O)N1CCO[C@@H](CN2CCCCC2)[C@@H]1c1cnn(C)c1. The van der Waals surface area contributed by atoms with Crippen molar-refractivity contribution >= 4 is 5.91 Å². The molecule has 2 saturated heterocycles. The van der Waals surface area contributed by atoms with E-state index < -0.39 is 0 Å². The second-order valence-corrected chi connectivity index (χ2v) is 8.17. The van der Waals surface area contributed by atoms with Crippen LogP contribution in [0.5, 0.6) is 0 Å². The van der Waals surface area contributed by atoms with Crippen molar-refractivity contribution in [2.75, 3.05) is 32.8 Å². The van der Waals surface area contributed by atoms with E-state index in [0.717, 1.165) is 42.7 Å². The van der Waals surface area contributed by atoms with Gasteiger partial charge in [-0.05, 0) is 44.0 Å². The Bertz CT molecular complexity index is 828. The molecule has 2 aromatic rings. The van der Waals surface area contributed by atoms with Crippen LogP contribution in [0.3, 0.4) is 0 Å². The van der Waals surface area contributed by atoms with Gasteiger partial charge < -0.3 is 14.5 Å². The standard InChI is InChI=1S/C23H32N4O2/c1-3-18-9-5-6-10-20(18)23(28)27-13-14-29-21(17-26-11-7-4-8-12-26)22(27)19-15-24-25(2)16-19/h5-6,9-10,15-16,21-22H,3-4,7-8,11-14,17H2,1-2H3/t21-,22-/m0/s1. The van der Waals surface area contributed by atoms with Crippen molar-refractivity contribution in [3.8, 4) is 0 Å². The Balaban J connectivity index is 1.64. The summed E-state index contributed by atoms with van der Waals surface area (Å²) >= 11 is 0. The lowest BCUT2D eigenvalue weighted by Crippen LogP contribution is -2.52. The molecule has 0 spiro atoms. The Morgan fingerprint density at radius 1 is 1.17 bits per heavy atom. The Morgan fingerprint density at radius 3 is 2.69 bits per heavy atom. The van der Waals surface area contributed by atoms with Gasteiger partial charge in [-0.2, -0.15) is 5.10 Å². The van der Waals surface area contributed by atoms with E-state index in [4.69, 9.17) is 4.74 Å². The third kappa shape index (κ3) is 4.38. The van der Waals surface area contributed by atoms with Crippen LogP contribution in [0.2, 0.25) is 0 Å². The average Bonchev–Trinajstić information content (AvgIpc) is 3.19. The van der Waals surface area contributed by atoms with Gasteiger partial charge in [0.05, 0.1) is 24.9 Å². The lowest BCUT2D eigenvalue weighted by molar-refractivity contribution is -0.0741. The lowest BCUT2D eigenvalue weighted by atomic mass is 9.97. The van der Waals surface area contributed by atoms with E-state index in [9.17, 15) is 4.79 Å². The van der Waals surface area contributed by atoms with E-state index >= 15 is 0 Å². The summed E-state index contributed by atoms with van der Waals surface area (Å²) in [5.74, 6) is 0.100. The molecule has 156 valence electrons. The lowest BCUT2D eigenvalue weighted by Gasteiger charge is -2.43. The van der Waals surface area contributed by atoms with Crippen molar-refractivity contribution < 1.29 is 9.53 Å². The number of aromatic nitrogens is 2. The number of carbonyl (C=O) groups is 1. The largest absolute Gasteiger partial charge is 0.373 e. The molecule has 3 heterocycles. The van der Waals surface area contributed by atoms with Crippen LogP contribution in [0, 0.1) is 0 Å². The molecule has 1 aromatic heterocycles. The Morgan fingerprint density at radius 2 is 1.97 bits per heavy atom. The van der Waals surface area contributed by atoms with Crippen LogP contribution >= 0.6 is 0 Å². The molecule has 4 rings (SSSR count). The quantitative estimate of drug-likeness (QED) is 0.780. The molecule has 2 fully saturated rings. The fourth-order valence-corrected chi connectivity index (χ4v) is 4.69. The van der Waals surface area contributed by atoms with E-state index in [1.807, 2.05) is 47.2 Å². The molecule has 0 aliphatic carbocycles. The van der Waals surface area contributed by atoms with Crippen molar-refractivity contribution in [1.82, 2.24) is 19.6 Å². The molecule has 6 heteroatoms. The number of aryl methyl sites for hydroxylation is 2. The van der Waals surface area contributed by atoms with Crippen LogP contribution in [0.1, 0.15) is 53.7 Å². The predicted molar refractivity (Wildman–Crippen MR) is 113 cm³/mol. The summed E-state index contributed by atoms with van der Waals surface area (Å²) in [6.07, 6.45) is 8.52. The Hall–Kier alpha value is -2.18. The van der Waals surface area contributed by atoms with E-state index in [1.165, 1.54) is 19.3 Å². The van der Waals surface area contributed by atoms with E-state index in [0.29, 0.717) is 13.2 Å². The average molecular weight is 397 g/mol. The molecule has 0 bridgehead atoms. The molecule has 0 saturated carbocycles. The first kappa shape index (κ1) is 20.1. The molecule has 1 aromatic carbocycles. The summed E-state index contributed by atoms with van der Waals surface area (Å²) < 4.78 is 8.07. The summed E-state index contributed by atoms with van der Waals surface area (Å²) in [5.41, 5.74) is 2.96. The van der Waals surface area contributed by atoms with Gasteiger partial charge in [-0.25, -0.2) is 0 Å². The van der Waals surface area contributed by atoms with Gasteiger partial charge in [-0.15, -0.1) is 0 Å². The fraction of sp³-hybridized carbons (Fsp3) is 0.565. The van der Waals surface area contributed by atoms with Gasteiger partial charge in [0.15, 0.2) is 0 Å². The minimum atomic E-state index is -0.114. The number of amides is 1. The summed E-state index contributed by atoms with van der Waals surface area (Å²) in [6.45, 7) is 6.38. The van der Waals surface area contributed by atoms with Crippen LogP contribution in [0.4, 0.5) is 0 Å².